The monoisotopic (exact) mass is 294 g/mol. The van der Waals surface area contributed by atoms with Gasteiger partial charge in [-0.3, -0.25) is 0 Å². The van der Waals surface area contributed by atoms with Crippen LogP contribution in [0.15, 0.2) is 46.6 Å². The summed E-state index contributed by atoms with van der Waals surface area (Å²) < 4.78 is 38.7. The molecule has 7 heteroatoms. The largest absolute Gasteiger partial charge is 0.418 e. The molecule has 0 spiro atoms. The molecule has 0 saturated carbocycles. The number of anilines is 2. The normalized spacial score (nSPS) is 12.0. The fraction of sp³-hybridized carbons (Fsp3) is 0.143. The maximum Gasteiger partial charge on any atom is 0.418 e. The predicted molar refractivity (Wildman–Crippen MR) is 75.6 cm³/mol. The van der Waals surface area contributed by atoms with Crippen molar-refractivity contribution >= 4 is 22.7 Å². The van der Waals surface area contributed by atoms with Crippen molar-refractivity contribution in [2.45, 2.75) is 13.1 Å². The van der Waals surface area contributed by atoms with Crippen molar-refractivity contribution < 1.29 is 13.2 Å². The van der Waals surface area contributed by atoms with E-state index in [1.165, 1.54) is 12.1 Å². The fourth-order valence-electron chi connectivity index (χ4n) is 1.77. The van der Waals surface area contributed by atoms with E-state index in [0.29, 0.717) is 11.4 Å². The number of benzene rings is 2. The Kier molecular flexibility index (Phi) is 3.84. The summed E-state index contributed by atoms with van der Waals surface area (Å²) in [4.78, 5) is 0. The molecule has 0 aliphatic heterocycles. The minimum atomic E-state index is -4.54. The van der Waals surface area contributed by atoms with Crippen LogP contribution in [0.25, 0.3) is 0 Å². The zero-order chi connectivity index (χ0) is 15.6. The zero-order valence-electron chi connectivity index (χ0n) is 11.1. The van der Waals surface area contributed by atoms with E-state index in [1.54, 1.807) is 25.1 Å². The lowest BCUT2D eigenvalue weighted by Gasteiger charge is -2.10. The number of aryl methyl sites for hydroxylation is 1. The third-order valence-corrected chi connectivity index (χ3v) is 2.81. The maximum atomic E-state index is 12.9. The van der Waals surface area contributed by atoms with E-state index in [-0.39, 0.29) is 11.4 Å². The van der Waals surface area contributed by atoms with Gasteiger partial charge in [-0.1, -0.05) is 0 Å². The minimum Gasteiger partial charge on any atom is -0.399 e. The van der Waals surface area contributed by atoms with Gasteiger partial charge in [0.1, 0.15) is 0 Å². The molecule has 0 bridgehead atoms. The van der Waals surface area contributed by atoms with Crippen LogP contribution in [-0.2, 0) is 6.18 Å². The van der Waals surface area contributed by atoms with Crippen molar-refractivity contribution in [3.8, 4) is 0 Å². The molecule has 0 aliphatic carbocycles. The first-order valence-electron chi connectivity index (χ1n) is 6.02. The molecule has 2 rings (SSSR count). The molecule has 0 fully saturated rings. The number of nitrogens with two attached hydrogens (primary N) is 2. The van der Waals surface area contributed by atoms with Crippen LogP contribution in [0.1, 0.15) is 11.1 Å². The first kappa shape index (κ1) is 14.8. The van der Waals surface area contributed by atoms with Gasteiger partial charge in [-0.2, -0.15) is 18.3 Å². The molecule has 2 aromatic rings. The van der Waals surface area contributed by atoms with Crippen molar-refractivity contribution in [1.82, 2.24) is 0 Å². The maximum absolute atomic E-state index is 12.9. The van der Waals surface area contributed by atoms with E-state index >= 15 is 0 Å². The van der Waals surface area contributed by atoms with Gasteiger partial charge in [0.05, 0.1) is 16.9 Å². The van der Waals surface area contributed by atoms with E-state index in [0.717, 1.165) is 11.6 Å². The molecule has 0 heterocycles. The summed E-state index contributed by atoms with van der Waals surface area (Å²) in [6.07, 6.45) is -4.54. The van der Waals surface area contributed by atoms with Crippen LogP contribution in [0.5, 0.6) is 0 Å². The lowest BCUT2D eigenvalue weighted by Crippen LogP contribution is -2.05. The van der Waals surface area contributed by atoms with E-state index < -0.39 is 11.7 Å². The molecule has 0 aromatic heterocycles. The zero-order valence-corrected chi connectivity index (χ0v) is 11.1. The van der Waals surface area contributed by atoms with E-state index in [2.05, 4.69) is 10.2 Å². The number of alkyl halides is 3. The topological polar surface area (TPSA) is 76.8 Å². The van der Waals surface area contributed by atoms with E-state index in [1.807, 2.05) is 0 Å². The number of hydrogen-bond acceptors (Lipinski definition) is 4. The quantitative estimate of drug-likeness (QED) is 0.627. The minimum absolute atomic E-state index is 0.0185. The van der Waals surface area contributed by atoms with Crippen LogP contribution < -0.4 is 11.5 Å². The molecule has 0 amide bonds. The van der Waals surface area contributed by atoms with Crippen molar-refractivity contribution in [2.75, 3.05) is 11.5 Å². The first-order valence-corrected chi connectivity index (χ1v) is 6.02. The third-order valence-electron chi connectivity index (χ3n) is 2.81. The van der Waals surface area contributed by atoms with Gasteiger partial charge in [0, 0.05) is 11.4 Å². The summed E-state index contributed by atoms with van der Waals surface area (Å²) in [5.41, 5.74) is 11.5. The Balaban J connectivity index is 2.41. The molecule has 4 nitrogen and oxygen atoms in total. The summed E-state index contributed by atoms with van der Waals surface area (Å²) in [6, 6.07) is 8.24. The van der Waals surface area contributed by atoms with Crippen LogP contribution in [-0.4, -0.2) is 0 Å². The molecule has 0 radical (unpaired) electrons. The average Bonchev–Trinajstić information content (AvgIpc) is 2.38. The first-order chi connectivity index (χ1) is 9.77. The molecule has 0 atom stereocenters. The van der Waals surface area contributed by atoms with Gasteiger partial charge in [-0.05, 0) is 48.9 Å². The number of halogens is 3. The molecular formula is C14H13F3N4. The van der Waals surface area contributed by atoms with Gasteiger partial charge in [0.25, 0.3) is 0 Å². The number of nitrogen functional groups attached to an aromatic ring is 2. The van der Waals surface area contributed by atoms with E-state index in [9.17, 15) is 13.2 Å². The Morgan fingerprint density at radius 2 is 1.38 bits per heavy atom. The number of azo groups is 1. The van der Waals surface area contributed by atoms with Gasteiger partial charge >= 0.3 is 6.18 Å². The molecule has 0 aliphatic rings. The standard InChI is InChI=1S/C14H13F3N4/c1-8-6-9(18)2-4-12(8)20-21-13-5-3-10(19)7-11(13)14(15,16)17/h2-7H,18-19H2,1H3. The van der Waals surface area contributed by atoms with Crippen molar-refractivity contribution in [3.63, 3.8) is 0 Å². The Bertz CT molecular complexity index is 693. The Morgan fingerprint density at radius 3 is 1.95 bits per heavy atom. The van der Waals surface area contributed by atoms with Gasteiger partial charge in [-0.25, -0.2) is 0 Å². The second-order valence-electron chi connectivity index (χ2n) is 4.52. The van der Waals surface area contributed by atoms with Crippen LogP contribution in [0.3, 0.4) is 0 Å². The van der Waals surface area contributed by atoms with Crippen molar-refractivity contribution in [2.24, 2.45) is 10.2 Å². The lowest BCUT2D eigenvalue weighted by atomic mass is 10.1. The van der Waals surface area contributed by atoms with Crippen molar-refractivity contribution in [1.29, 1.82) is 0 Å². The summed E-state index contributed by atoms with van der Waals surface area (Å²) >= 11 is 0. The molecular weight excluding hydrogens is 281 g/mol. The number of nitrogens with zero attached hydrogens (tertiary/aromatic N) is 2. The lowest BCUT2D eigenvalue weighted by molar-refractivity contribution is -0.137. The number of hydrogen-bond donors (Lipinski definition) is 2. The predicted octanol–water partition coefficient (Wildman–Crippen LogP) is 4.59. The Labute approximate surface area is 119 Å². The van der Waals surface area contributed by atoms with Crippen LogP contribution in [0.2, 0.25) is 0 Å². The van der Waals surface area contributed by atoms with E-state index in [4.69, 9.17) is 11.5 Å². The molecule has 2 aromatic carbocycles. The highest BCUT2D eigenvalue weighted by Gasteiger charge is 2.33. The second kappa shape index (κ2) is 5.43. The highest BCUT2D eigenvalue weighted by Crippen LogP contribution is 2.38. The molecule has 0 unspecified atom stereocenters. The summed E-state index contributed by atoms with van der Waals surface area (Å²) in [5, 5.41) is 7.53. The average molecular weight is 294 g/mol. The summed E-state index contributed by atoms with van der Waals surface area (Å²) in [5.74, 6) is 0. The molecule has 110 valence electrons. The number of rotatable bonds is 2. The third kappa shape index (κ3) is 3.50. The fourth-order valence-corrected chi connectivity index (χ4v) is 1.77. The molecule has 0 saturated heterocycles. The summed E-state index contributed by atoms with van der Waals surface area (Å²) in [6.45, 7) is 1.75. The van der Waals surface area contributed by atoms with Crippen LogP contribution in [0, 0.1) is 6.92 Å². The highest BCUT2D eigenvalue weighted by atomic mass is 19.4. The van der Waals surface area contributed by atoms with Gasteiger partial charge < -0.3 is 11.5 Å². The van der Waals surface area contributed by atoms with Crippen LogP contribution in [0.4, 0.5) is 35.9 Å². The molecule has 21 heavy (non-hydrogen) atoms. The van der Waals surface area contributed by atoms with Gasteiger partial charge in [0.15, 0.2) is 0 Å². The van der Waals surface area contributed by atoms with Crippen molar-refractivity contribution in [3.05, 3.63) is 47.5 Å². The summed E-state index contributed by atoms with van der Waals surface area (Å²) in [7, 11) is 0. The molecule has 4 N–H and O–H groups in total. The SMILES string of the molecule is Cc1cc(N)ccc1N=Nc1ccc(N)cc1C(F)(F)F. The second-order valence-corrected chi connectivity index (χ2v) is 4.52. The Hall–Kier alpha value is -2.57. The van der Waals surface area contributed by atoms with Gasteiger partial charge in [0.2, 0.25) is 0 Å². The smallest absolute Gasteiger partial charge is 0.399 e. The van der Waals surface area contributed by atoms with Gasteiger partial charge in [-0.15, -0.1) is 5.11 Å². The van der Waals surface area contributed by atoms with Crippen LogP contribution >= 0.6 is 0 Å². The highest BCUT2D eigenvalue weighted by molar-refractivity contribution is 5.57. The Morgan fingerprint density at radius 1 is 0.857 bits per heavy atom.